The van der Waals surface area contributed by atoms with Gasteiger partial charge in [-0.15, -0.1) is 11.3 Å². The van der Waals surface area contributed by atoms with Crippen LogP contribution in [0.3, 0.4) is 0 Å². The number of piperidine rings is 1. The second-order valence-corrected chi connectivity index (χ2v) is 9.15. The molecule has 4 rings (SSSR count). The van der Waals surface area contributed by atoms with Gasteiger partial charge in [-0.25, -0.2) is 0 Å². The molecule has 1 atom stereocenters. The van der Waals surface area contributed by atoms with Gasteiger partial charge in [0.1, 0.15) is 6.04 Å². The molecule has 2 N–H and O–H groups in total. The Morgan fingerprint density at radius 2 is 1.73 bits per heavy atom. The van der Waals surface area contributed by atoms with E-state index in [2.05, 4.69) is 10.6 Å². The van der Waals surface area contributed by atoms with Crippen LogP contribution in [0.1, 0.15) is 51.3 Å². The number of aryl methyl sites for hydroxylation is 1. The van der Waals surface area contributed by atoms with Crippen molar-refractivity contribution in [1.82, 2.24) is 15.5 Å². The van der Waals surface area contributed by atoms with Crippen LogP contribution in [0, 0.1) is 12.8 Å². The number of nitrogens with zero attached hydrogens (tertiary/aromatic N) is 1. The topological polar surface area (TPSA) is 78.5 Å². The molecular formula is C23H27N3O3S. The lowest BCUT2D eigenvalue weighted by atomic mass is 9.88. The quantitative estimate of drug-likeness (QED) is 0.747. The van der Waals surface area contributed by atoms with Crippen molar-refractivity contribution >= 4 is 29.1 Å². The number of thiophene rings is 1. The number of likely N-dealkylation sites (tertiary alicyclic amines) is 1. The van der Waals surface area contributed by atoms with Gasteiger partial charge in [-0.2, -0.15) is 0 Å². The Morgan fingerprint density at radius 1 is 1.03 bits per heavy atom. The molecule has 1 aromatic carbocycles. The monoisotopic (exact) mass is 425 g/mol. The number of rotatable bonds is 6. The summed E-state index contributed by atoms with van der Waals surface area (Å²) in [6.45, 7) is 3.16. The van der Waals surface area contributed by atoms with Gasteiger partial charge in [-0.1, -0.05) is 23.8 Å². The molecule has 1 aromatic heterocycles. The molecule has 1 aliphatic carbocycles. The van der Waals surface area contributed by atoms with Crippen molar-refractivity contribution in [2.45, 2.75) is 44.7 Å². The maximum atomic E-state index is 12.9. The Kier molecular flexibility index (Phi) is 6.18. The molecule has 1 saturated heterocycles. The van der Waals surface area contributed by atoms with Crippen LogP contribution in [0.4, 0.5) is 0 Å². The first kappa shape index (κ1) is 20.6. The molecule has 1 aliphatic heterocycles. The second kappa shape index (κ2) is 9.00. The van der Waals surface area contributed by atoms with Gasteiger partial charge in [-0.3, -0.25) is 14.4 Å². The molecule has 0 bridgehead atoms. The van der Waals surface area contributed by atoms with E-state index in [-0.39, 0.29) is 29.7 Å². The fourth-order valence-electron chi connectivity index (χ4n) is 3.84. The molecule has 0 unspecified atom stereocenters. The maximum Gasteiger partial charge on any atom is 0.263 e. The highest BCUT2D eigenvalue weighted by atomic mass is 32.1. The Bertz CT molecular complexity index is 898. The Hall–Kier alpha value is -2.67. The zero-order chi connectivity index (χ0) is 21.1. The minimum Gasteiger partial charge on any atom is -0.352 e. The molecule has 6 nitrogen and oxygen atoms in total. The molecular weight excluding hydrogens is 398 g/mol. The van der Waals surface area contributed by atoms with Crippen LogP contribution in [0.15, 0.2) is 41.8 Å². The highest BCUT2D eigenvalue weighted by Crippen LogP contribution is 2.25. The molecule has 2 aliphatic rings. The Morgan fingerprint density at radius 3 is 2.33 bits per heavy atom. The largest absolute Gasteiger partial charge is 0.352 e. The number of benzene rings is 1. The zero-order valence-corrected chi connectivity index (χ0v) is 17.9. The van der Waals surface area contributed by atoms with E-state index in [0.29, 0.717) is 31.5 Å². The fourth-order valence-corrected chi connectivity index (χ4v) is 4.53. The standard InChI is InChI=1S/C23H27N3O3S/c1-15-4-6-17(7-5-15)21(27)25-20(22(28)24-18-8-9-18)16-10-12-26(13-11-16)23(29)19-3-2-14-30-19/h2-7,14,16,18,20H,8-13H2,1H3,(H,24,28)(H,25,27)/t20-/m0/s1. The van der Waals surface area contributed by atoms with Crippen LogP contribution in [0.5, 0.6) is 0 Å². The van der Waals surface area contributed by atoms with E-state index in [4.69, 9.17) is 0 Å². The lowest BCUT2D eigenvalue weighted by Gasteiger charge is -2.35. The molecule has 1 saturated carbocycles. The van der Waals surface area contributed by atoms with E-state index in [1.165, 1.54) is 11.3 Å². The highest BCUT2D eigenvalue weighted by Gasteiger charge is 2.36. The molecule has 0 spiro atoms. The number of hydrogen-bond acceptors (Lipinski definition) is 4. The molecule has 30 heavy (non-hydrogen) atoms. The van der Waals surface area contributed by atoms with Gasteiger partial charge < -0.3 is 15.5 Å². The van der Waals surface area contributed by atoms with Gasteiger partial charge >= 0.3 is 0 Å². The predicted octanol–water partition coefficient (Wildman–Crippen LogP) is 2.99. The summed E-state index contributed by atoms with van der Waals surface area (Å²) in [5.41, 5.74) is 1.63. The predicted molar refractivity (Wildman–Crippen MR) is 117 cm³/mol. The maximum absolute atomic E-state index is 12.9. The van der Waals surface area contributed by atoms with E-state index in [1.54, 1.807) is 12.1 Å². The SMILES string of the molecule is Cc1ccc(C(=O)N[C@H](C(=O)NC2CC2)C2CCN(C(=O)c3cccs3)CC2)cc1. The van der Waals surface area contributed by atoms with Crippen LogP contribution < -0.4 is 10.6 Å². The first-order chi connectivity index (χ1) is 14.5. The van der Waals surface area contributed by atoms with Crippen LogP contribution >= 0.6 is 11.3 Å². The fraction of sp³-hybridized carbons (Fsp3) is 0.435. The third-order valence-corrected chi connectivity index (χ3v) is 6.69. The summed E-state index contributed by atoms with van der Waals surface area (Å²) in [5.74, 6) is -0.291. The van der Waals surface area contributed by atoms with E-state index in [0.717, 1.165) is 23.3 Å². The van der Waals surface area contributed by atoms with Gasteiger partial charge in [0.25, 0.3) is 11.8 Å². The summed E-state index contributed by atoms with van der Waals surface area (Å²) in [4.78, 5) is 40.9. The second-order valence-electron chi connectivity index (χ2n) is 8.21. The lowest BCUT2D eigenvalue weighted by Crippen LogP contribution is -2.54. The molecule has 7 heteroatoms. The summed E-state index contributed by atoms with van der Waals surface area (Å²) in [5, 5.41) is 7.92. The summed E-state index contributed by atoms with van der Waals surface area (Å²) >= 11 is 1.45. The van der Waals surface area contributed by atoms with Crippen molar-refractivity contribution in [3.8, 4) is 0 Å². The number of hydrogen-bond donors (Lipinski definition) is 2. The van der Waals surface area contributed by atoms with Crippen molar-refractivity contribution in [2.24, 2.45) is 5.92 Å². The third kappa shape index (κ3) is 4.90. The van der Waals surface area contributed by atoms with Crippen LogP contribution in [-0.2, 0) is 4.79 Å². The van der Waals surface area contributed by atoms with Crippen LogP contribution in [-0.4, -0.2) is 47.8 Å². The average molecular weight is 426 g/mol. The van der Waals surface area contributed by atoms with Crippen molar-refractivity contribution in [1.29, 1.82) is 0 Å². The van der Waals surface area contributed by atoms with Gasteiger partial charge in [0.15, 0.2) is 0 Å². The summed E-state index contributed by atoms with van der Waals surface area (Å²) in [6, 6.07) is 10.7. The van der Waals surface area contributed by atoms with E-state index < -0.39 is 6.04 Å². The van der Waals surface area contributed by atoms with E-state index >= 15 is 0 Å². The van der Waals surface area contributed by atoms with Crippen LogP contribution in [0.25, 0.3) is 0 Å². The molecule has 0 radical (unpaired) electrons. The number of nitrogens with one attached hydrogen (secondary N) is 2. The van der Waals surface area contributed by atoms with E-state index in [1.807, 2.05) is 41.5 Å². The first-order valence-corrected chi connectivity index (χ1v) is 11.4. The summed E-state index contributed by atoms with van der Waals surface area (Å²) in [6.07, 6.45) is 3.37. The molecule has 2 heterocycles. The minimum absolute atomic E-state index is 0.00512. The third-order valence-electron chi connectivity index (χ3n) is 5.84. The molecule has 158 valence electrons. The number of carbonyl (C=O) groups is 3. The van der Waals surface area contributed by atoms with Crippen molar-refractivity contribution in [3.63, 3.8) is 0 Å². The number of carbonyl (C=O) groups excluding carboxylic acids is 3. The van der Waals surface area contributed by atoms with Crippen molar-refractivity contribution < 1.29 is 14.4 Å². The zero-order valence-electron chi connectivity index (χ0n) is 17.1. The van der Waals surface area contributed by atoms with Crippen molar-refractivity contribution in [2.75, 3.05) is 13.1 Å². The van der Waals surface area contributed by atoms with Gasteiger partial charge in [0.2, 0.25) is 5.91 Å². The first-order valence-electron chi connectivity index (χ1n) is 10.5. The Labute approximate surface area is 180 Å². The molecule has 3 amide bonds. The molecule has 2 aromatic rings. The van der Waals surface area contributed by atoms with E-state index in [9.17, 15) is 14.4 Å². The van der Waals surface area contributed by atoms with Gasteiger partial charge in [0.05, 0.1) is 4.88 Å². The minimum atomic E-state index is -0.585. The van der Waals surface area contributed by atoms with Crippen LogP contribution in [0.2, 0.25) is 0 Å². The Balaban J connectivity index is 1.42. The van der Waals surface area contributed by atoms with Gasteiger partial charge in [0, 0.05) is 24.7 Å². The normalized spacial score (nSPS) is 18.0. The number of amides is 3. The summed E-state index contributed by atoms with van der Waals surface area (Å²) in [7, 11) is 0. The summed E-state index contributed by atoms with van der Waals surface area (Å²) < 4.78 is 0. The van der Waals surface area contributed by atoms with Crippen molar-refractivity contribution in [3.05, 3.63) is 57.8 Å². The molecule has 2 fully saturated rings. The smallest absolute Gasteiger partial charge is 0.263 e. The average Bonchev–Trinajstić information content (AvgIpc) is 3.40. The highest BCUT2D eigenvalue weighted by molar-refractivity contribution is 7.12. The lowest BCUT2D eigenvalue weighted by molar-refractivity contribution is -0.124. The van der Waals surface area contributed by atoms with Gasteiger partial charge in [-0.05, 0) is 62.1 Å².